The number of hydrogen-bond donors (Lipinski definition) is 1. The molecule has 1 unspecified atom stereocenters. The summed E-state index contributed by atoms with van der Waals surface area (Å²) in [5.74, 6) is -3.36. The molecule has 1 atom stereocenters. The van der Waals surface area contributed by atoms with Gasteiger partial charge in [-0.15, -0.1) is 0 Å². The van der Waals surface area contributed by atoms with Crippen molar-refractivity contribution in [3.8, 4) is 11.6 Å². The summed E-state index contributed by atoms with van der Waals surface area (Å²) in [5, 5.41) is 21.0. The summed E-state index contributed by atoms with van der Waals surface area (Å²) >= 11 is 9.15. The molecule has 1 aromatic heterocycles. The number of carbonyl (C=O) groups excluding carboxylic acids is 1. The largest absolute Gasteiger partial charge is 0.471 e. The van der Waals surface area contributed by atoms with Crippen LogP contribution in [0.5, 0.6) is 11.6 Å². The molecule has 1 N–H and O–H groups in total. The number of halogens is 3. The Balaban J connectivity index is 1.74. The number of likely N-dealkylation sites (N-methyl/N-ethyl adjacent to an activating group) is 1. The number of carbonyl (C=O) groups is 2. The zero-order valence-electron chi connectivity index (χ0n) is 19.2. The van der Waals surface area contributed by atoms with E-state index in [1.165, 1.54) is 11.0 Å². The van der Waals surface area contributed by atoms with E-state index in [1.54, 1.807) is 0 Å². The summed E-state index contributed by atoms with van der Waals surface area (Å²) in [4.78, 5) is 42.8. The minimum Gasteiger partial charge on any atom is -0.471 e. The number of rotatable bonds is 6. The highest BCUT2D eigenvalue weighted by atomic mass is 79.9. The predicted molar refractivity (Wildman–Crippen MR) is 130 cm³/mol. The molecule has 0 saturated carbocycles. The van der Waals surface area contributed by atoms with Crippen LogP contribution in [0.15, 0.2) is 10.5 Å². The van der Waals surface area contributed by atoms with Gasteiger partial charge in [-0.1, -0.05) is 11.6 Å². The molecule has 2 aromatic rings. The Kier molecular flexibility index (Phi) is 7.81. The number of benzene rings is 1. The van der Waals surface area contributed by atoms with E-state index >= 15 is 4.39 Å². The van der Waals surface area contributed by atoms with Gasteiger partial charge >= 0.3 is 17.7 Å². The number of ether oxygens (including phenoxy) is 2. The summed E-state index contributed by atoms with van der Waals surface area (Å²) in [6.45, 7) is 1.16. The van der Waals surface area contributed by atoms with Crippen LogP contribution in [0.25, 0.3) is 10.9 Å². The fraction of sp³-hybridized carbons (Fsp3) is 0.500. The Hall–Kier alpha value is -2.77. The summed E-state index contributed by atoms with van der Waals surface area (Å²) in [6.07, 6.45) is 1.04. The van der Waals surface area contributed by atoms with E-state index in [4.69, 9.17) is 26.2 Å². The van der Waals surface area contributed by atoms with E-state index in [-0.39, 0.29) is 59.0 Å². The lowest BCUT2D eigenvalue weighted by Crippen LogP contribution is -2.40. The van der Waals surface area contributed by atoms with E-state index in [9.17, 15) is 19.7 Å². The third kappa shape index (κ3) is 5.18. The molecule has 4 rings (SSSR count). The number of pyridine rings is 1. The first-order valence-corrected chi connectivity index (χ1v) is 12.4. The summed E-state index contributed by atoms with van der Waals surface area (Å²) in [6, 6.07) is 1.23. The molecule has 2 aliphatic rings. The molecule has 14 heteroatoms. The minimum atomic E-state index is -1.09. The van der Waals surface area contributed by atoms with Crippen molar-refractivity contribution in [3.05, 3.63) is 31.5 Å². The van der Waals surface area contributed by atoms with Gasteiger partial charge < -0.3 is 24.4 Å². The number of carboxylic acid groups (broad SMARTS) is 1. The summed E-state index contributed by atoms with van der Waals surface area (Å²) < 4.78 is 26.3. The number of fused-ring (bicyclic) bond motifs is 1. The van der Waals surface area contributed by atoms with Gasteiger partial charge in [0.2, 0.25) is 5.75 Å². The molecule has 2 saturated heterocycles. The Labute approximate surface area is 218 Å². The molecular weight excluding hydrogens is 567 g/mol. The van der Waals surface area contributed by atoms with E-state index in [2.05, 4.69) is 20.9 Å². The van der Waals surface area contributed by atoms with Gasteiger partial charge in [0.05, 0.1) is 25.7 Å². The van der Waals surface area contributed by atoms with Gasteiger partial charge in [0.1, 0.15) is 12.1 Å². The molecule has 11 nitrogen and oxygen atoms in total. The number of amides is 1. The number of nitro groups is 1. The second-order valence-corrected chi connectivity index (χ2v) is 9.99. The third-order valence-corrected chi connectivity index (χ3v) is 7.88. The summed E-state index contributed by atoms with van der Waals surface area (Å²) in [5.41, 5.74) is -1.02. The standard InChI is InChI=1S/C22H23BrClFN4O7/c1-27-6-2-3-12(27)10-35-20-18(29(33)34)19(13-9-14(24)15(23)16(25)17(13)26-20)36-21(30)11-4-7-28(8-5-11)22(31)32/h9,11-12H,2-8,10H2,1H3,(H,31,32). The molecule has 0 spiro atoms. The number of aromatic nitrogens is 1. The molecule has 194 valence electrons. The van der Waals surface area contributed by atoms with E-state index in [1.807, 2.05) is 11.9 Å². The first-order chi connectivity index (χ1) is 17.1. The van der Waals surface area contributed by atoms with Gasteiger partial charge in [0.15, 0.2) is 5.82 Å². The molecule has 36 heavy (non-hydrogen) atoms. The highest BCUT2D eigenvalue weighted by molar-refractivity contribution is 9.10. The molecular formula is C22H23BrClFN4O7. The van der Waals surface area contributed by atoms with E-state index in [0.717, 1.165) is 19.4 Å². The van der Waals surface area contributed by atoms with Gasteiger partial charge in [-0.3, -0.25) is 14.9 Å². The molecule has 0 radical (unpaired) electrons. The maximum absolute atomic E-state index is 15.1. The second kappa shape index (κ2) is 10.7. The fourth-order valence-electron chi connectivity index (χ4n) is 4.47. The minimum absolute atomic E-state index is 0.00526. The number of nitrogens with zero attached hydrogens (tertiary/aromatic N) is 4. The van der Waals surface area contributed by atoms with Crippen LogP contribution in [0.3, 0.4) is 0 Å². The third-order valence-electron chi connectivity index (χ3n) is 6.58. The lowest BCUT2D eigenvalue weighted by atomic mass is 9.97. The predicted octanol–water partition coefficient (Wildman–Crippen LogP) is 4.47. The van der Waals surface area contributed by atoms with Gasteiger partial charge in [0.25, 0.3) is 5.88 Å². The lowest BCUT2D eigenvalue weighted by molar-refractivity contribution is -0.386. The molecule has 1 amide bonds. The molecule has 2 fully saturated rings. The first kappa shape index (κ1) is 26.3. The van der Waals surface area contributed by atoms with Crippen molar-refractivity contribution in [1.29, 1.82) is 0 Å². The van der Waals surface area contributed by atoms with Crippen molar-refractivity contribution < 1.29 is 33.5 Å². The fourth-order valence-corrected chi connectivity index (χ4v) is 4.96. The van der Waals surface area contributed by atoms with Crippen molar-refractivity contribution in [2.45, 2.75) is 31.7 Å². The molecule has 1 aromatic carbocycles. The van der Waals surface area contributed by atoms with Crippen molar-refractivity contribution in [1.82, 2.24) is 14.8 Å². The van der Waals surface area contributed by atoms with Crippen LogP contribution in [-0.4, -0.2) is 76.2 Å². The number of piperidine rings is 1. The summed E-state index contributed by atoms with van der Waals surface area (Å²) in [7, 11) is 1.91. The van der Waals surface area contributed by atoms with Crippen LogP contribution in [0.2, 0.25) is 5.02 Å². The lowest BCUT2D eigenvalue weighted by Gasteiger charge is -2.28. The van der Waals surface area contributed by atoms with Gasteiger partial charge in [-0.2, -0.15) is 0 Å². The number of hydrogen-bond acceptors (Lipinski definition) is 8. The van der Waals surface area contributed by atoms with Gasteiger partial charge in [0, 0.05) is 19.1 Å². The molecule has 0 aliphatic carbocycles. The highest BCUT2D eigenvalue weighted by Crippen LogP contribution is 2.45. The highest BCUT2D eigenvalue weighted by Gasteiger charge is 2.35. The average Bonchev–Trinajstić information content (AvgIpc) is 3.26. The van der Waals surface area contributed by atoms with Crippen LogP contribution in [0.1, 0.15) is 25.7 Å². The van der Waals surface area contributed by atoms with Gasteiger partial charge in [-0.05, 0) is 61.3 Å². The Bertz CT molecular complexity index is 1230. The molecule has 2 aliphatic heterocycles. The molecule has 3 heterocycles. The van der Waals surface area contributed by atoms with Crippen molar-refractivity contribution in [2.24, 2.45) is 5.92 Å². The number of likely N-dealkylation sites (tertiary alicyclic amines) is 2. The van der Waals surface area contributed by atoms with Crippen LogP contribution in [0, 0.1) is 21.8 Å². The Morgan fingerprint density at radius 2 is 2.03 bits per heavy atom. The van der Waals surface area contributed by atoms with Crippen molar-refractivity contribution >= 4 is 56.2 Å². The maximum Gasteiger partial charge on any atom is 0.407 e. The van der Waals surface area contributed by atoms with Gasteiger partial charge in [-0.25, -0.2) is 14.2 Å². The average molecular weight is 590 g/mol. The zero-order chi connectivity index (χ0) is 26.1. The van der Waals surface area contributed by atoms with Crippen LogP contribution in [-0.2, 0) is 4.79 Å². The first-order valence-electron chi connectivity index (χ1n) is 11.3. The van der Waals surface area contributed by atoms with E-state index in [0.29, 0.717) is 0 Å². The van der Waals surface area contributed by atoms with Crippen LogP contribution in [0.4, 0.5) is 14.9 Å². The van der Waals surface area contributed by atoms with Crippen LogP contribution < -0.4 is 9.47 Å². The molecule has 0 bridgehead atoms. The topological polar surface area (TPSA) is 135 Å². The monoisotopic (exact) mass is 588 g/mol. The smallest absolute Gasteiger partial charge is 0.407 e. The van der Waals surface area contributed by atoms with E-state index < -0.39 is 46.0 Å². The quantitative estimate of drug-likeness (QED) is 0.224. The van der Waals surface area contributed by atoms with Crippen LogP contribution >= 0.6 is 27.5 Å². The maximum atomic E-state index is 15.1. The SMILES string of the molecule is CN1CCCC1COc1nc2c(F)c(Br)c(Cl)cc2c(OC(=O)C2CCN(C(=O)O)CC2)c1[N+](=O)[O-]. The van der Waals surface area contributed by atoms with Crippen molar-refractivity contribution in [3.63, 3.8) is 0 Å². The van der Waals surface area contributed by atoms with Crippen molar-refractivity contribution in [2.75, 3.05) is 33.3 Å². The number of esters is 1. The normalized spacial score (nSPS) is 19.0. The Morgan fingerprint density at radius 3 is 2.61 bits per heavy atom. The zero-order valence-corrected chi connectivity index (χ0v) is 21.6. The second-order valence-electron chi connectivity index (χ2n) is 8.79. The Morgan fingerprint density at radius 1 is 1.33 bits per heavy atom.